The summed E-state index contributed by atoms with van der Waals surface area (Å²) < 4.78 is 0.777. The summed E-state index contributed by atoms with van der Waals surface area (Å²) in [6, 6.07) is 18.4. The Morgan fingerprint density at radius 1 is 1.21 bits per heavy atom. The highest BCUT2D eigenvalue weighted by Gasteiger charge is 2.39. The first-order valence-corrected chi connectivity index (χ1v) is 12.2. The molecule has 1 fully saturated rings. The van der Waals surface area contributed by atoms with Gasteiger partial charge in [-0.25, -0.2) is 4.99 Å². The molecule has 0 saturated carbocycles. The van der Waals surface area contributed by atoms with E-state index in [-0.39, 0.29) is 24.8 Å². The van der Waals surface area contributed by atoms with Gasteiger partial charge in [0.1, 0.15) is 5.25 Å². The quantitative estimate of drug-likeness (QED) is 0.416. The predicted octanol–water partition coefficient (Wildman–Crippen LogP) is 5.97. The smallest absolute Gasteiger partial charge is 0.243 e. The van der Waals surface area contributed by atoms with Crippen LogP contribution in [-0.2, 0) is 16.1 Å². The van der Waals surface area contributed by atoms with Crippen molar-refractivity contribution in [2.24, 2.45) is 4.99 Å². The molecule has 0 aliphatic carbocycles. The molecule has 3 aromatic rings. The molecular weight excluding hydrogens is 524 g/mol. The highest BCUT2D eigenvalue weighted by atomic mass is 79.9. The van der Waals surface area contributed by atoms with Gasteiger partial charge >= 0.3 is 0 Å². The maximum atomic E-state index is 13.3. The first-order valence-electron chi connectivity index (χ1n) is 10.2. The van der Waals surface area contributed by atoms with Crippen molar-refractivity contribution >= 4 is 67.6 Å². The number of rotatable bonds is 6. The van der Waals surface area contributed by atoms with Gasteiger partial charge in [-0.1, -0.05) is 47.6 Å². The van der Waals surface area contributed by atoms with Gasteiger partial charge in [-0.3, -0.25) is 19.5 Å². The van der Waals surface area contributed by atoms with Crippen LogP contribution in [0.2, 0.25) is 5.02 Å². The lowest BCUT2D eigenvalue weighted by molar-refractivity contribution is -0.128. The number of nitrogens with zero attached hydrogens (tertiary/aromatic N) is 3. The van der Waals surface area contributed by atoms with Crippen LogP contribution in [0, 0.1) is 6.92 Å². The topological polar surface area (TPSA) is 74.7 Å². The van der Waals surface area contributed by atoms with E-state index < -0.39 is 5.25 Å². The number of aryl methyl sites for hydroxylation is 1. The van der Waals surface area contributed by atoms with Crippen molar-refractivity contribution in [3.8, 4) is 0 Å². The molecule has 0 spiro atoms. The Labute approximate surface area is 209 Å². The van der Waals surface area contributed by atoms with Crippen LogP contribution < -0.4 is 5.32 Å². The maximum Gasteiger partial charge on any atom is 0.243 e. The van der Waals surface area contributed by atoms with Crippen molar-refractivity contribution in [1.82, 2.24) is 9.88 Å². The minimum absolute atomic E-state index is 0.0250. The predicted molar refractivity (Wildman–Crippen MR) is 137 cm³/mol. The van der Waals surface area contributed by atoms with Gasteiger partial charge in [-0.2, -0.15) is 0 Å². The molecule has 0 radical (unpaired) electrons. The Kier molecular flexibility index (Phi) is 7.47. The number of carbonyl (C=O) groups is 2. The number of hydrogen-bond acceptors (Lipinski definition) is 5. The number of halogens is 2. The van der Waals surface area contributed by atoms with E-state index in [0.29, 0.717) is 21.6 Å². The fourth-order valence-corrected chi connectivity index (χ4v) is 4.93. The molecule has 2 aromatic carbocycles. The van der Waals surface area contributed by atoms with Crippen molar-refractivity contribution in [2.45, 2.75) is 25.1 Å². The second-order valence-corrected chi connectivity index (χ2v) is 9.84. The van der Waals surface area contributed by atoms with Gasteiger partial charge in [-0.05, 0) is 64.8 Å². The molecule has 1 N–H and O–H groups in total. The minimum atomic E-state index is -0.587. The van der Waals surface area contributed by atoms with Gasteiger partial charge in [0.05, 0.1) is 23.6 Å². The third kappa shape index (κ3) is 5.82. The summed E-state index contributed by atoms with van der Waals surface area (Å²) in [5, 5.41) is 3.40. The molecule has 1 saturated heterocycles. The zero-order valence-corrected chi connectivity index (χ0v) is 20.8. The molecule has 33 heavy (non-hydrogen) atoms. The number of hydrogen-bond donors (Lipinski definition) is 1. The van der Waals surface area contributed by atoms with E-state index in [9.17, 15) is 9.59 Å². The number of thioether (sulfide) groups is 1. The van der Waals surface area contributed by atoms with Crippen molar-refractivity contribution in [2.75, 3.05) is 5.32 Å². The molecule has 4 rings (SSSR count). The number of aliphatic imine (C=N–C) groups is 1. The molecule has 1 atom stereocenters. The van der Waals surface area contributed by atoms with Crippen LogP contribution in [0.5, 0.6) is 0 Å². The summed E-state index contributed by atoms with van der Waals surface area (Å²) in [4.78, 5) is 36.5. The van der Waals surface area contributed by atoms with Gasteiger partial charge in [0.2, 0.25) is 11.8 Å². The average Bonchev–Trinajstić information content (AvgIpc) is 3.07. The van der Waals surface area contributed by atoms with Crippen molar-refractivity contribution < 1.29 is 9.59 Å². The number of nitrogens with one attached hydrogen (secondary N) is 1. The normalized spacial score (nSPS) is 16.9. The third-order valence-corrected chi connectivity index (χ3v) is 7.24. The van der Waals surface area contributed by atoms with Crippen molar-refractivity contribution in [3.63, 3.8) is 0 Å². The fraction of sp³-hybridized carbons (Fsp3) is 0.167. The highest BCUT2D eigenvalue weighted by Crippen LogP contribution is 2.34. The SMILES string of the molecule is Cc1ccc(N=C2S[C@H](CC(=O)Nc3ccccc3Br)C(=O)N2Cc2ccccn2)cc1Cl. The summed E-state index contributed by atoms with van der Waals surface area (Å²) >= 11 is 11.0. The zero-order chi connectivity index (χ0) is 23.4. The van der Waals surface area contributed by atoms with Gasteiger partial charge in [0, 0.05) is 22.1 Å². The molecule has 1 aliphatic heterocycles. The Balaban J connectivity index is 1.57. The largest absolute Gasteiger partial charge is 0.325 e. The number of aromatic nitrogens is 1. The summed E-state index contributed by atoms with van der Waals surface area (Å²) in [6.45, 7) is 2.19. The van der Waals surface area contributed by atoms with E-state index in [0.717, 1.165) is 15.7 Å². The third-order valence-electron chi connectivity index (χ3n) is 4.97. The lowest BCUT2D eigenvalue weighted by atomic mass is 10.2. The molecular formula is C24H20BrClN4O2S. The van der Waals surface area contributed by atoms with Crippen LogP contribution in [0.15, 0.2) is 76.3 Å². The average molecular weight is 544 g/mol. The second kappa shape index (κ2) is 10.5. The van der Waals surface area contributed by atoms with Crippen LogP contribution in [0.1, 0.15) is 17.7 Å². The Hall–Kier alpha value is -2.68. The number of benzene rings is 2. The number of amidine groups is 1. The molecule has 2 heterocycles. The highest BCUT2D eigenvalue weighted by molar-refractivity contribution is 9.10. The van der Waals surface area contributed by atoms with E-state index in [1.165, 1.54) is 11.8 Å². The first-order chi connectivity index (χ1) is 15.9. The standard InChI is InChI=1S/C24H20BrClN4O2S/c1-15-9-10-16(12-19(15)26)28-24-30(14-17-6-4-5-11-27-17)23(32)21(33-24)13-22(31)29-20-8-3-2-7-18(20)25/h2-12,21H,13-14H2,1H3,(H,29,31)/t21-/m1/s1. The molecule has 0 unspecified atom stereocenters. The van der Waals surface area contributed by atoms with Crippen molar-refractivity contribution in [1.29, 1.82) is 0 Å². The monoisotopic (exact) mass is 542 g/mol. The Bertz CT molecular complexity index is 1220. The number of amides is 2. The van der Waals surface area contributed by atoms with Crippen LogP contribution in [0.25, 0.3) is 0 Å². The molecule has 6 nitrogen and oxygen atoms in total. The van der Waals surface area contributed by atoms with Crippen LogP contribution in [0.3, 0.4) is 0 Å². The van der Waals surface area contributed by atoms with E-state index in [1.807, 2.05) is 55.5 Å². The van der Waals surface area contributed by atoms with Gasteiger partial charge in [-0.15, -0.1) is 0 Å². The molecule has 1 aromatic heterocycles. The van der Waals surface area contributed by atoms with Crippen LogP contribution in [-0.4, -0.2) is 32.1 Å². The lowest BCUT2D eigenvalue weighted by Gasteiger charge is -2.16. The summed E-state index contributed by atoms with van der Waals surface area (Å²) in [5.41, 5.74) is 2.99. The van der Waals surface area contributed by atoms with Gasteiger partial charge in [0.25, 0.3) is 0 Å². The number of para-hydroxylation sites is 1. The van der Waals surface area contributed by atoms with E-state index >= 15 is 0 Å². The summed E-state index contributed by atoms with van der Waals surface area (Å²) in [7, 11) is 0. The van der Waals surface area contributed by atoms with Crippen LogP contribution >= 0.6 is 39.3 Å². The maximum absolute atomic E-state index is 13.3. The van der Waals surface area contributed by atoms with Gasteiger partial charge < -0.3 is 5.32 Å². The Morgan fingerprint density at radius 2 is 2.00 bits per heavy atom. The first kappa shape index (κ1) is 23.5. The molecule has 1 aliphatic rings. The number of pyridine rings is 1. The molecule has 2 amide bonds. The lowest BCUT2D eigenvalue weighted by Crippen LogP contribution is -2.33. The van der Waals surface area contributed by atoms with E-state index in [4.69, 9.17) is 11.6 Å². The Morgan fingerprint density at radius 3 is 2.73 bits per heavy atom. The fourth-order valence-electron chi connectivity index (χ4n) is 3.22. The van der Waals surface area contributed by atoms with Gasteiger partial charge in [0.15, 0.2) is 5.17 Å². The molecule has 168 valence electrons. The van der Waals surface area contributed by atoms with Crippen molar-refractivity contribution in [3.05, 3.63) is 87.6 Å². The van der Waals surface area contributed by atoms with E-state index in [1.54, 1.807) is 23.2 Å². The number of anilines is 1. The zero-order valence-electron chi connectivity index (χ0n) is 17.7. The second-order valence-electron chi connectivity index (χ2n) is 7.41. The van der Waals surface area contributed by atoms with Crippen LogP contribution in [0.4, 0.5) is 11.4 Å². The summed E-state index contributed by atoms with van der Waals surface area (Å²) in [5.74, 6) is -0.421. The molecule has 9 heteroatoms. The molecule has 0 bridgehead atoms. The minimum Gasteiger partial charge on any atom is -0.325 e. The number of carbonyl (C=O) groups excluding carboxylic acids is 2. The van der Waals surface area contributed by atoms with E-state index in [2.05, 4.69) is 31.2 Å². The summed E-state index contributed by atoms with van der Waals surface area (Å²) in [6.07, 6.45) is 1.71.